The minimum Gasteiger partial charge on any atom is -0.506 e. The lowest BCUT2D eigenvalue weighted by molar-refractivity contribution is 0.475. The molecule has 1 aromatic heterocycles. The Hall–Kier alpha value is -2.32. The summed E-state index contributed by atoms with van der Waals surface area (Å²) >= 11 is 12.0. The minimum absolute atomic E-state index is 0.0784. The Morgan fingerprint density at radius 3 is 2.00 bits per heavy atom. The quantitative estimate of drug-likeness (QED) is 0.518. The maximum atomic E-state index is 10.1. The highest BCUT2D eigenvalue weighted by molar-refractivity contribution is 6.36. The molecule has 2 fully saturated rings. The molecular weight excluding hydrogens is 425 g/mol. The van der Waals surface area contributed by atoms with Crippen molar-refractivity contribution in [3.05, 3.63) is 27.7 Å². The molecule has 0 amide bonds. The van der Waals surface area contributed by atoms with Crippen molar-refractivity contribution in [1.82, 2.24) is 15.0 Å². The van der Waals surface area contributed by atoms with Crippen molar-refractivity contribution in [1.29, 1.82) is 0 Å². The monoisotopic (exact) mass is 449 g/mol. The van der Waals surface area contributed by atoms with E-state index in [2.05, 4.69) is 30.3 Å². The largest absolute Gasteiger partial charge is 0.506 e. The molecule has 2 N–H and O–H groups in total. The number of aromatic nitrogens is 3. The molecule has 4 rings (SSSR count). The Morgan fingerprint density at radius 2 is 1.43 bits per heavy atom. The molecule has 30 heavy (non-hydrogen) atoms. The van der Waals surface area contributed by atoms with Gasteiger partial charge in [0.15, 0.2) is 0 Å². The second-order valence-electron chi connectivity index (χ2n) is 7.55. The van der Waals surface area contributed by atoms with Gasteiger partial charge in [-0.1, -0.05) is 23.2 Å². The molecule has 2 saturated heterocycles. The van der Waals surface area contributed by atoms with Gasteiger partial charge in [0.05, 0.1) is 11.2 Å². The molecule has 2 aliphatic rings. The first-order chi connectivity index (χ1) is 14.6. The third kappa shape index (κ3) is 5.05. The van der Waals surface area contributed by atoms with Gasteiger partial charge < -0.3 is 14.9 Å². The first-order valence-electron chi connectivity index (χ1n) is 10.3. The Morgan fingerprint density at radius 1 is 0.867 bits per heavy atom. The van der Waals surface area contributed by atoms with Crippen molar-refractivity contribution in [2.45, 2.75) is 38.5 Å². The highest BCUT2D eigenvalue weighted by atomic mass is 35.5. The van der Waals surface area contributed by atoms with E-state index < -0.39 is 0 Å². The highest BCUT2D eigenvalue weighted by Crippen LogP contribution is 2.30. The van der Waals surface area contributed by atoms with Gasteiger partial charge >= 0.3 is 0 Å². The molecule has 2 aliphatic heterocycles. The Labute approximate surface area is 185 Å². The molecule has 0 saturated carbocycles. The van der Waals surface area contributed by atoms with E-state index in [4.69, 9.17) is 28.2 Å². The average Bonchev–Trinajstić information content (AvgIpc) is 2.78. The van der Waals surface area contributed by atoms with Gasteiger partial charge in [-0.3, -0.25) is 0 Å². The molecule has 10 heteroatoms. The van der Waals surface area contributed by atoms with Gasteiger partial charge in [-0.2, -0.15) is 20.1 Å². The van der Waals surface area contributed by atoms with Crippen molar-refractivity contribution < 1.29 is 5.11 Å². The molecule has 2 aromatic rings. The van der Waals surface area contributed by atoms with E-state index in [1.807, 2.05) is 0 Å². The third-order valence-corrected chi connectivity index (χ3v) is 5.82. The van der Waals surface area contributed by atoms with E-state index in [1.165, 1.54) is 25.1 Å². The molecule has 3 heterocycles. The summed E-state index contributed by atoms with van der Waals surface area (Å²) in [5.74, 6) is 1.65. The molecule has 0 atom stereocenters. The van der Waals surface area contributed by atoms with E-state index >= 15 is 0 Å². The van der Waals surface area contributed by atoms with Crippen LogP contribution in [0, 0.1) is 0 Å². The fourth-order valence-corrected chi connectivity index (χ4v) is 4.23. The maximum absolute atomic E-state index is 10.1. The van der Waals surface area contributed by atoms with Gasteiger partial charge in [0.2, 0.25) is 17.8 Å². The van der Waals surface area contributed by atoms with Crippen LogP contribution in [0.15, 0.2) is 17.2 Å². The topological polar surface area (TPSA) is 89.8 Å². The number of benzene rings is 1. The Kier molecular flexibility index (Phi) is 6.74. The smallest absolute Gasteiger partial charge is 0.250 e. The summed E-state index contributed by atoms with van der Waals surface area (Å²) in [6.07, 6.45) is 8.48. The second kappa shape index (κ2) is 9.66. The summed E-state index contributed by atoms with van der Waals surface area (Å²) in [5.41, 5.74) is 3.28. The maximum Gasteiger partial charge on any atom is 0.250 e. The lowest BCUT2D eigenvalue weighted by Gasteiger charge is -2.30. The summed E-state index contributed by atoms with van der Waals surface area (Å²) in [5, 5.41) is 14.9. The summed E-state index contributed by atoms with van der Waals surface area (Å²) in [7, 11) is 0. The van der Waals surface area contributed by atoms with Crippen LogP contribution < -0.4 is 15.2 Å². The number of halogens is 2. The fourth-order valence-electron chi connectivity index (χ4n) is 3.72. The van der Waals surface area contributed by atoms with Crippen LogP contribution in [0.1, 0.15) is 44.1 Å². The molecular formula is C20H25Cl2N7O. The first kappa shape index (κ1) is 20.9. The number of phenols is 1. The lowest BCUT2D eigenvalue weighted by Crippen LogP contribution is -2.34. The summed E-state index contributed by atoms with van der Waals surface area (Å²) < 4.78 is 0. The summed E-state index contributed by atoms with van der Waals surface area (Å²) in [6, 6.07) is 3.06. The molecule has 0 radical (unpaired) electrons. The number of nitrogens with zero attached hydrogens (tertiary/aromatic N) is 6. The normalized spacial score (nSPS) is 17.5. The number of anilines is 3. The molecule has 8 nitrogen and oxygen atoms in total. The molecule has 0 unspecified atom stereocenters. The molecule has 0 aliphatic carbocycles. The standard InChI is InChI=1S/C20H25Cl2N7O/c21-15-11-14(17(30)16(22)12-15)13-23-27-18-24-19(28-7-3-1-4-8-28)26-20(25-18)29-9-5-2-6-10-29/h11-13,30H,1-10H2,(H,24,25,26,27)/b23-13-. The number of piperidine rings is 2. The van der Waals surface area contributed by atoms with E-state index in [0.29, 0.717) is 28.4 Å². The van der Waals surface area contributed by atoms with Gasteiger partial charge in [-0.15, -0.1) is 0 Å². The van der Waals surface area contributed by atoms with E-state index in [9.17, 15) is 5.11 Å². The van der Waals surface area contributed by atoms with Crippen molar-refractivity contribution >= 4 is 47.3 Å². The number of aromatic hydroxyl groups is 1. The minimum atomic E-state index is -0.0784. The van der Waals surface area contributed by atoms with Crippen LogP contribution >= 0.6 is 23.2 Å². The number of hydrogen-bond donors (Lipinski definition) is 2. The van der Waals surface area contributed by atoms with Gasteiger partial charge in [0.1, 0.15) is 5.75 Å². The van der Waals surface area contributed by atoms with Crippen LogP contribution in [0.2, 0.25) is 10.0 Å². The van der Waals surface area contributed by atoms with Crippen LogP contribution in [0.4, 0.5) is 17.8 Å². The number of rotatable bonds is 5. The van der Waals surface area contributed by atoms with Gasteiger partial charge in [-0.05, 0) is 50.7 Å². The molecule has 1 aromatic carbocycles. The van der Waals surface area contributed by atoms with Crippen LogP contribution in [0.5, 0.6) is 5.75 Å². The number of hydrazone groups is 1. The van der Waals surface area contributed by atoms with Crippen molar-refractivity contribution in [2.24, 2.45) is 5.10 Å². The zero-order valence-corrected chi connectivity index (χ0v) is 18.2. The molecule has 160 valence electrons. The first-order valence-corrected chi connectivity index (χ1v) is 11.1. The van der Waals surface area contributed by atoms with E-state index in [-0.39, 0.29) is 10.8 Å². The second-order valence-corrected chi connectivity index (χ2v) is 8.39. The predicted octanol–water partition coefficient (Wildman–Crippen LogP) is 4.31. The van der Waals surface area contributed by atoms with Gasteiger partial charge in [0, 0.05) is 36.8 Å². The Bertz CT molecular complexity index is 876. The third-order valence-electron chi connectivity index (χ3n) is 5.32. The zero-order chi connectivity index (χ0) is 20.9. The van der Waals surface area contributed by atoms with Crippen molar-refractivity contribution in [2.75, 3.05) is 41.4 Å². The number of hydrogen-bond acceptors (Lipinski definition) is 8. The Balaban J connectivity index is 1.58. The zero-order valence-electron chi connectivity index (χ0n) is 16.7. The summed E-state index contributed by atoms with van der Waals surface area (Å²) in [4.78, 5) is 18.3. The number of nitrogens with one attached hydrogen (secondary N) is 1. The summed E-state index contributed by atoms with van der Waals surface area (Å²) in [6.45, 7) is 3.78. The molecule has 0 spiro atoms. The van der Waals surface area contributed by atoms with Crippen molar-refractivity contribution in [3.8, 4) is 5.75 Å². The fraction of sp³-hybridized carbons (Fsp3) is 0.500. The number of phenolic OH excluding ortho intramolecular Hbond substituents is 1. The van der Waals surface area contributed by atoms with Crippen LogP contribution in [0.3, 0.4) is 0 Å². The SMILES string of the molecule is Oc1c(Cl)cc(Cl)cc1/C=N\Nc1nc(N2CCCCC2)nc(N2CCCCC2)n1. The average molecular weight is 450 g/mol. The molecule has 0 bridgehead atoms. The highest BCUT2D eigenvalue weighted by Gasteiger charge is 2.20. The van der Waals surface area contributed by atoms with Crippen LogP contribution in [0.25, 0.3) is 0 Å². The predicted molar refractivity (Wildman–Crippen MR) is 121 cm³/mol. The van der Waals surface area contributed by atoms with Crippen LogP contribution in [-0.4, -0.2) is 52.5 Å². The van der Waals surface area contributed by atoms with E-state index in [0.717, 1.165) is 51.9 Å². The van der Waals surface area contributed by atoms with Crippen molar-refractivity contribution in [3.63, 3.8) is 0 Å². The van der Waals surface area contributed by atoms with E-state index in [1.54, 1.807) is 6.07 Å². The van der Waals surface area contributed by atoms with Gasteiger partial charge in [-0.25, -0.2) is 5.43 Å². The van der Waals surface area contributed by atoms with Crippen LogP contribution in [-0.2, 0) is 0 Å². The lowest BCUT2D eigenvalue weighted by atomic mass is 10.1. The van der Waals surface area contributed by atoms with Gasteiger partial charge in [0.25, 0.3) is 0 Å².